The summed E-state index contributed by atoms with van der Waals surface area (Å²) in [5.74, 6) is 0. The van der Waals surface area contributed by atoms with Gasteiger partial charge in [0.1, 0.15) is 0 Å². The Balaban J connectivity index is 1.11. The molecule has 3 aliphatic rings. The van der Waals surface area contributed by atoms with Gasteiger partial charge in [-0.1, -0.05) is 206 Å². The van der Waals surface area contributed by atoms with Crippen molar-refractivity contribution in [3.63, 3.8) is 0 Å². The summed E-state index contributed by atoms with van der Waals surface area (Å²) in [5.41, 5.74) is 20.6. The Morgan fingerprint density at radius 3 is 0.865 bits per heavy atom. The van der Waals surface area contributed by atoms with Gasteiger partial charge in [-0.25, -0.2) is 0 Å². The molecule has 15 rings (SSSR count). The second-order valence-electron chi connectivity index (χ2n) is 19.5. The molecule has 0 N–H and O–H groups in total. The Morgan fingerprint density at radius 2 is 0.514 bits per heavy atom. The third kappa shape index (κ3) is 6.16. The van der Waals surface area contributed by atoms with Gasteiger partial charge in [0.2, 0.25) is 0 Å². The molecule has 0 amide bonds. The summed E-state index contributed by atoms with van der Waals surface area (Å²) in [7, 11) is 0. The Hall–Kier alpha value is -8.80. The van der Waals surface area contributed by atoms with Gasteiger partial charge < -0.3 is 9.80 Å². The van der Waals surface area contributed by atoms with Gasteiger partial charge >= 0.3 is 0 Å². The highest BCUT2D eigenvalue weighted by Gasteiger charge is 2.61. The van der Waals surface area contributed by atoms with Crippen LogP contribution in [0, 0.1) is 0 Å². The Morgan fingerprint density at radius 1 is 0.230 bits per heavy atom. The molecule has 4 heterocycles. The maximum Gasteiger partial charge on any atom is 0.0850 e. The fourth-order valence-electron chi connectivity index (χ4n) is 12.7. The summed E-state index contributed by atoms with van der Waals surface area (Å²) in [5, 5.41) is 0. The van der Waals surface area contributed by atoms with Crippen LogP contribution in [-0.4, -0.2) is 0 Å². The van der Waals surface area contributed by atoms with Gasteiger partial charge in [-0.2, -0.15) is 0 Å². The monoisotopic (exact) mass is 978 g/mol. The summed E-state index contributed by atoms with van der Waals surface area (Å²) in [4.78, 5) is 10.2. The lowest BCUT2D eigenvalue weighted by Gasteiger charge is -2.53. The third-order valence-electron chi connectivity index (χ3n) is 15.7. The number of benzene rings is 10. The van der Waals surface area contributed by atoms with E-state index in [1.165, 1.54) is 109 Å². The average Bonchev–Trinajstić information content (AvgIpc) is 4.15. The highest BCUT2D eigenvalue weighted by atomic mass is 32.1. The molecule has 2 aromatic heterocycles. The molecule has 2 nitrogen and oxygen atoms in total. The van der Waals surface area contributed by atoms with E-state index in [2.05, 4.69) is 289 Å². The van der Waals surface area contributed by atoms with Crippen molar-refractivity contribution in [2.45, 2.75) is 10.8 Å². The molecule has 2 spiro atoms. The van der Waals surface area contributed by atoms with Crippen LogP contribution in [0.2, 0.25) is 0 Å². The molecule has 0 atom stereocenters. The zero-order valence-electron chi connectivity index (χ0n) is 40.3. The second kappa shape index (κ2) is 16.9. The lowest BCUT2D eigenvalue weighted by molar-refractivity contribution is 0.634. The van der Waals surface area contributed by atoms with Gasteiger partial charge in [0.05, 0.1) is 33.6 Å². The third-order valence-corrected chi connectivity index (χ3v) is 18.3. The molecule has 4 heteroatoms. The summed E-state index contributed by atoms with van der Waals surface area (Å²) < 4.78 is 0. The van der Waals surface area contributed by atoms with E-state index in [1.807, 2.05) is 22.7 Å². The number of hydrogen-bond acceptors (Lipinski definition) is 4. The minimum Gasteiger partial charge on any atom is -0.310 e. The highest BCUT2D eigenvalue weighted by molar-refractivity contribution is 7.17. The maximum absolute atomic E-state index is 2.60. The first-order chi connectivity index (χ1) is 36.7. The predicted molar refractivity (Wildman–Crippen MR) is 311 cm³/mol. The average molecular weight is 979 g/mol. The summed E-state index contributed by atoms with van der Waals surface area (Å²) in [6.45, 7) is 0. The fraction of sp³-hybridized carbons (Fsp3) is 0.0286. The number of rotatable bonds is 6. The molecular weight excluding hydrogens is 933 g/mol. The summed E-state index contributed by atoms with van der Waals surface area (Å²) >= 11 is 3.95. The minimum absolute atomic E-state index is 0.722. The first-order valence-electron chi connectivity index (χ1n) is 25.4. The van der Waals surface area contributed by atoms with E-state index in [9.17, 15) is 0 Å². The number of hydrogen-bond donors (Lipinski definition) is 0. The molecule has 2 aliphatic heterocycles. The SMILES string of the molecule is c1ccc(-c2cccc(-c3cc4c(s3)C3(c5ccccc5N(c5ccccc5)c5ccccc53)c3cc(-c5cccc(-c6ccccc6)c5)sc3C43c4ccccc4N(c4ccccc4)c4ccccc43)c2)cc1. The van der Waals surface area contributed by atoms with Gasteiger partial charge in [-0.3, -0.25) is 0 Å². The minimum atomic E-state index is -0.722. The molecule has 0 saturated carbocycles. The molecule has 0 radical (unpaired) electrons. The van der Waals surface area contributed by atoms with Crippen molar-refractivity contribution < 1.29 is 0 Å². The van der Waals surface area contributed by atoms with Crippen LogP contribution in [0.15, 0.2) is 279 Å². The van der Waals surface area contributed by atoms with Crippen molar-refractivity contribution in [3.8, 4) is 43.1 Å². The standard InChI is InChI=1S/C70H46N2S2/c1-5-23-47(24-6-1)49-27-21-29-51(43-49)65-45-59-67(73-65)70(57-37-15-19-41-63(57)72(54-33-11-4-12-34-54)64-42-20-16-38-58(64)70)60-46-66(52-30-22-28-50(44-52)48-25-7-2-8-26-48)74-68(60)69(59)55-35-13-17-39-61(55)71(53-31-9-3-10-32-53)62-40-18-14-36-56(62)69/h1-46H. The van der Waals surface area contributed by atoms with Crippen LogP contribution >= 0.6 is 22.7 Å². The molecule has 0 unspecified atom stereocenters. The zero-order valence-corrected chi connectivity index (χ0v) is 41.9. The van der Waals surface area contributed by atoms with E-state index in [0.717, 1.165) is 11.4 Å². The normalized spacial score (nSPS) is 14.1. The first-order valence-corrected chi connectivity index (χ1v) is 27.0. The van der Waals surface area contributed by atoms with Crippen molar-refractivity contribution in [2.24, 2.45) is 0 Å². The van der Waals surface area contributed by atoms with Crippen LogP contribution in [0.1, 0.15) is 43.1 Å². The van der Waals surface area contributed by atoms with Gasteiger partial charge in [-0.15, -0.1) is 22.7 Å². The largest absolute Gasteiger partial charge is 0.310 e. The Kier molecular flexibility index (Phi) is 9.78. The van der Waals surface area contributed by atoms with Crippen molar-refractivity contribution in [1.29, 1.82) is 0 Å². The van der Waals surface area contributed by atoms with Crippen molar-refractivity contribution in [3.05, 3.63) is 322 Å². The van der Waals surface area contributed by atoms with Crippen LogP contribution in [0.3, 0.4) is 0 Å². The van der Waals surface area contributed by atoms with E-state index in [4.69, 9.17) is 0 Å². The molecule has 1 aliphatic carbocycles. The van der Waals surface area contributed by atoms with Crippen LogP contribution in [0.5, 0.6) is 0 Å². The van der Waals surface area contributed by atoms with Crippen molar-refractivity contribution >= 4 is 56.8 Å². The Labute approximate surface area is 440 Å². The lowest BCUT2D eigenvalue weighted by atomic mass is 9.53. The molecular formula is C70H46N2S2. The second-order valence-corrected chi connectivity index (χ2v) is 21.6. The molecule has 74 heavy (non-hydrogen) atoms. The molecule has 10 aromatic carbocycles. The lowest BCUT2D eigenvalue weighted by Crippen LogP contribution is -2.47. The number of anilines is 6. The zero-order chi connectivity index (χ0) is 48.8. The quantitative estimate of drug-likeness (QED) is 0.164. The predicted octanol–water partition coefficient (Wildman–Crippen LogP) is 19.1. The molecule has 348 valence electrons. The topological polar surface area (TPSA) is 6.48 Å². The van der Waals surface area contributed by atoms with Gasteiger partial charge in [0.25, 0.3) is 0 Å². The van der Waals surface area contributed by atoms with Gasteiger partial charge in [0.15, 0.2) is 0 Å². The van der Waals surface area contributed by atoms with Crippen LogP contribution in [-0.2, 0) is 10.8 Å². The van der Waals surface area contributed by atoms with Crippen LogP contribution in [0.25, 0.3) is 43.1 Å². The molecule has 0 saturated heterocycles. The fourth-order valence-corrected chi connectivity index (χ4v) is 15.6. The van der Waals surface area contributed by atoms with Crippen LogP contribution < -0.4 is 9.80 Å². The first kappa shape index (κ1) is 42.8. The van der Waals surface area contributed by atoms with Crippen LogP contribution in [0.4, 0.5) is 34.1 Å². The van der Waals surface area contributed by atoms with E-state index in [1.54, 1.807) is 0 Å². The van der Waals surface area contributed by atoms with Crippen molar-refractivity contribution in [2.75, 3.05) is 9.80 Å². The maximum atomic E-state index is 2.60. The van der Waals surface area contributed by atoms with E-state index in [0.29, 0.717) is 0 Å². The van der Waals surface area contributed by atoms with Crippen molar-refractivity contribution in [1.82, 2.24) is 0 Å². The number of fused-ring (bicyclic) bond motifs is 14. The number of thiophene rings is 2. The summed E-state index contributed by atoms with van der Waals surface area (Å²) in [6, 6.07) is 104. The smallest absolute Gasteiger partial charge is 0.0850 e. The van der Waals surface area contributed by atoms with E-state index in [-0.39, 0.29) is 0 Å². The number of nitrogens with zero attached hydrogens (tertiary/aromatic N) is 2. The molecule has 12 aromatic rings. The summed E-state index contributed by atoms with van der Waals surface area (Å²) in [6.07, 6.45) is 0. The molecule has 0 bridgehead atoms. The Bertz CT molecular complexity index is 3690. The van der Waals surface area contributed by atoms with E-state index >= 15 is 0 Å². The molecule has 0 fully saturated rings. The van der Waals surface area contributed by atoms with Gasteiger partial charge in [0, 0.05) is 30.9 Å². The van der Waals surface area contributed by atoms with E-state index < -0.39 is 10.8 Å². The van der Waals surface area contributed by atoms with Gasteiger partial charge in [-0.05, 0) is 140 Å². The highest BCUT2D eigenvalue weighted by Crippen LogP contribution is 2.71. The number of para-hydroxylation sites is 6.